The molecule has 15 heavy (non-hydrogen) atoms. The van der Waals surface area contributed by atoms with E-state index in [-0.39, 0.29) is 5.78 Å². The van der Waals surface area contributed by atoms with E-state index in [1.807, 2.05) is 19.1 Å². The van der Waals surface area contributed by atoms with Gasteiger partial charge in [0.2, 0.25) is 0 Å². The van der Waals surface area contributed by atoms with Gasteiger partial charge in [0.15, 0.2) is 5.78 Å². The molecule has 1 aromatic carbocycles. The van der Waals surface area contributed by atoms with Crippen molar-refractivity contribution in [2.45, 2.75) is 13.3 Å². The Hall–Kier alpha value is -0.870. The van der Waals surface area contributed by atoms with E-state index in [0.717, 1.165) is 10.0 Å². The lowest BCUT2D eigenvalue weighted by atomic mass is 10.1. The minimum absolute atomic E-state index is 0.00113. The Bertz CT molecular complexity index is 377. The molecule has 0 heterocycles. The first-order valence-electron chi connectivity index (χ1n) is 4.67. The zero-order chi connectivity index (χ0) is 11.4. The van der Waals surface area contributed by atoms with E-state index in [1.165, 1.54) is 0 Å². The van der Waals surface area contributed by atoms with E-state index in [2.05, 4.69) is 15.9 Å². The van der Waals surface area contributed by atoms with Crippen LogP contribution in [0, 0.1) is 6.92 Å². The Labute approximate surface area is 97.7 Å². The van der Waals surface area contributed by atoms with E-state index in [0.29, 0.717) is 24.3 Å². The average Bonchev–Trinajstić information content (AvgIpc) is 2.16. The minimum Gasteiger partial charge on any atom is -0.496 e. The molecule has 4 heteroatoms. The van der Waals surface area contributed by atoms with Crippen LogP contribution in [0.15, 0.2) is 16.6 Å². The second kappa shape index (κ2) is 5.28. The van der Waals surface area contributed by atoms with Crippen molar-refractivity contribution in [2.75, 3.05) is 13.7 Å². The molecule has 0 aliphatic carbocycles. The monoisotopic (exact) mass is 271 g/mol. The van der Waals surface area contributed by atoms with Gasteiger partial charge in [-0.05, 0) is 47.1 Å². The van der Waals surface area contributed by atoms with E-state index >= 15 is 0 Å². The van der Waals surface area contributed by atoms with Gasteiger partial charge in [-0.3, -0.25) is 4.79 Å². The summed E-state index contributed by atoms with van der Waals surface area (Å²) in [6.07, 6.45) is 0.331. The van der Waals surface area contributed by atoms with Crippen LogP contribution in [0.5, 0.6) is 5.75 Å². The molecule has 0 aliphatic rings. The number of rotatable bonds is 4. The number of carbonyl (C=O) groups is 1. The highest BCUT2D eigenvalue weighted by Gasteiger charge is 2.15. The first-order chi connectivity index (χ1) is 7.10. The average molecular weight is 272 g/mol. The SMILES string of the molecule is COc1cc(C)cc(Br)c1C(=O)CCN. The molecular weight excluding hydrogens is 258 g/mol. The van der Waals surface area contributed by atoms with E-state index in [9.17, 15) is 4.79 Å². The van der Waals surface area contributed by atoms with Crippen molar-refractivity contribution in [3.63, 3.8) is 0 Å². The number of methoxy groups -OCH3 is 1. The Balaban J connectivity index is 3.20. The second-order valence-electron chi connectivity index (χ2n) is 3.29. The molecule has 0 saturated carbocycles. The molecule has 0 aromatic heterocycles. The van der Waals surface area contributed by atoms with E-state index in [4.69, 9.17) is 10.5 Å². The molecule has 82 valence electrons. The molecule has 0 radical (unpaired) electrons. The fourth-order valence-corrected chi connectivity index (χ4v) is 2.18. The molecule has 0 fully saturated rings. The van der Waals surface area contributed by atoms with Crippen LogP contribution >= 0.6 is 15.9 Å². The summed E-state index contributed by atoms with van der Waals surface area (Å²) in [6, 6.07) is 3.74. The van der Waals surface area contributed by atoms with Gasteiger partial charge in [-0.25, -0.2) is 0 Å². The summed E-state index contributed by atoms with van der Waals surface area (Å²) in [5.41, 5.74) is 6.98. The molecule has 1 aromatic rings. The molecule has 0 spiro atoms. The van der Waals surface area contributed by atoms with Crippen molar-refractivity contribution in [1.29, 1.82) is 0 Å². The third-order valence-corrected chi connectivity index (χ3v) is 2.69. The van der Waals surface area contributed by atoms with Crippen molar-refractivity contribution in [3.8, 4) is 5.75 Å². The number of nitrogens with two attached hydrogens (primary N) is 1. The minimum atomic E-state index is 0.00113. The smallest absolute Gasteiger partial charge is 0.169 e. The Morgan fingerprint density at radius 3 is 2.73 bits per heavy atom. The van der Waals surface area contributed by atoms with E-state index < -0.39 is 0 Å². The molecular formula is C11H14BrNO2. The number of aryl methyl sites for hydroxylation is 1. The lowest BCUT2D eigenvalue weighted by molar-refractivity contribution is 0.0981. The highest BCUT2D eigenvalue weighted by Crippen LogP contribution is 2.29. The van der Waals surface area contributed by atoms with Gasteiger partial charge in [-0.1, -0.05) is 0 Å². The number of Topliss-reactive ketones (excluding diaryl/α,β-unsaturated/α-hetero) is 1. The number of hydrogen-bond acceptors (Lipinski definition) is 3. The van der Waals surface area contributed by atoms with Gasteiger partial charge in [-0.2, -0.15) is 0 Å². The van der Waals surface area contributed by atoms with Crippen molar-refractivity contribution >= 4 is 21.7 Å². The Morgan fingerprint density at radius 2 is 2.20 bits per heavy atom. The zero-order valence-electron chi connectivity index (χ0n) is 8.84. The molecule has 1 rings (SSSR count). The Kier molecular flexibility index (Phi) is 4.29. The number of carbonyl (C=O) groups excluding carboxylic acids is 1. The van der Waals surface area contributed by atoms with E-state index in [1.54, 1.807) is 7.11 Å². The number of ether oxygens (including phenoxy) is 1. The maximum atomic E-state index is 11.8. The molecule has 0 saturated heterocycles. The van der Waals surface area contributed by atoms with Crippen LogP contribution in [0.1, 0.15) is 22.3 Å². The molecule has 0 atom stereocenters. The highest BCUT2D eigenvalue weighted by molar-refractivity contribution is 9.10. The summed E-state index contributed by atoms with van der Waals surface area (Å²) in [7, 11) is 1.56. The summed E-state index contributed by atoms with van der Waals surface area (Å²) >= 11 is 3.37. The lowest BCUT2D eigenvalue weighted by Gasteiger charge is -2.10. The van der Waals surface area contributed by atoms with Gasteiger partial charge in [-0.15, -0.1) is 0 Å². The molecule has 0 amide bonds. The van der Waals surface area contributed by atoms with Gasteiger partial charge in [0, 0.05) is 10.9 Å². The number of halogens is 1. The van der Waals surface area contributed by atoms with Crippen molar-refractivity contribution in [1.82, 2.24) is 0 Å². The van der Waals surface area contributed by atoms with Crippen LogP contribution in [-0.2, 0) is 0 Å². The number of benzene rings is 1. The summed E-state index contributed by atoms with van der Waals surface area (Å²) in [5.74, 6) is 0.599. The number of hydrogen-bond donors (Lipinski definition) is 1. The third kappa shape index (κ3) is 2.79. The van der Waals surface area contributed by atoms with Crippen LogP contribution in [-0.4, -0.2) is 19.4 Å². The highest BCUT2D eigenvalue weighted by atomic mass is 79.9. The normalized spacial score (nSPS) is 10.1. The van der Waals surface area contributed by atoms with Crippen LogP contribution in [0.25, 0.3) is 0 Å². The maximum Gasteiger partial charge on any atom is 0.169 e. The molecule has 0 unspecified atom stereocenters. The fourth-order valence-electron chi connectivity index (χ4n) is 1.40. The van der Waals surface area contributed by atoms with Crippen LogP contribution in [0.2, 0.25) is 0 Å². The van der Waals surface area contributed by atoms with Crippen LogP contribution < -0.4 is 10.5 Å². The topological polar surface area (TPSA) is 52.3 Å². The van der Waals surface area contributed by atoms with Gasteiger partial charge in [0.05, 0.1) is 12.7 Å². The zero-order valence-corrected chi connectivity index (χ0v) is 10.4. The quantitative estimate of drug-likeness (QED) is 0.855. The largest absolute Gasteiger partial charge is 0.496 e. The summed E-state index contributed by atoms with van der Waals surface area (Å²) in [4.78, 5) is 11.8. The summed E-state index contributed by atoms with van der Waals surface area (Å²) < 4.78 is 5.94. The first-order valence-corrected chi connectivity index (χ1v) is 5.46. The second-order valence-corrected chi connectivity index (χ2v) is 4.14. The van der Waals surface area contributed by atoms with Gasteiger partial charge in [0.25, 0.3) is 0 Å². The fraction of sp³-hybridized carbons (Fsp3) is 0.364. The summed E-state index contributed by atoms with van der Waals surface area (Å²) in [6.45, 7) is 2.30. The third-order valence-electron chi connectivity index (χ3n) is 2.07. The van der Waals surface area contributed by atoms with Crippen molar-refractivity contribution in [3.05, 3.63) is 27.7 Å². The first kappa shape index (κ1) is 12.2. The van der Waals surface area contributed by atoms with Gasteiger partial charge >= 0.3 is 0 Å². The van der Waals surface area contributed by atoms with Crippen molar-refractivity contribution in [2.24, 2.45) is 5.73 Å². The number of ketones is 1. The van der Waals surface area contributed by atoms with Gasteiger partial charge < -0.3 is 10.5 Å². The standard InChI is InChI=1S/C11H14BrNO2/c1-7-5-8(12)11(9(14)3-4-13)10(6-7)15-2/h5-6H,3-4,13H2,1-2H3. The van der Waals surface area contributed by atoms with Gasteiger partial charge in [0.1, 0.15) is 5.75 Å². The summed E-state index contributed by atoms with van der Waals surface area (Å²) in [5, 5.41) is 0. The molecule has 2 N–H and O–H groups in total. The van der Waals surface area contributed by atoms with Crippen LogP contribution in [0.4, 0.5) is 0 Å². The lowest BCUT2D eigenvalue weighted by Crippen LogP contribution is -2.10. The predicted octanol–water partition coefficient (Wildman–Crippen LogP) is 2.30. The van der Waals surface area contributed by atoms with Crippen LogP contribution in [0.3, 0.4) is 0 Å². The predicted molar refractivity (Wildman–Crippen MR) is 63.4 cm³/mol. The molecule has 0 aliphatic heterocycles. The molecule has 3 nitrogen and oxygen atoms in total. The molecule has 0 bridgehead atoms. The Morgan fingerprint density at radius 1 is 1.53 bits per heavy atom. The van der Waals surface area contributed by atoms with Crippen molar-refractivity contribution < 1.29 is 9.53 Å². The maximum absolute atomic E-state index is 11.8.